The molecule has 1 atom stereocenters. The Morgan fingerprint density at radius 1 is 1.25 bits per heavy atom. The number of hydrogen-bond donors (Lipinski definition) is 1. The molecule has 0 unspecified atom stereocenters. The second-order valence-corrected chi connectivity index (χ2v) is 7.33. The van der Waals surface area contributed by atoms with Crippen LogP contribution in [0.4, 0.5) is 0 Å². The molecular weight excluding hydrogens is 280 g/mol. The zero-order chi connectivity index (χ0) is 15.3. The summed E-state index contributed by atoms with van der Waals surface area (Å²) in [7, 11) is -0.283. The second kappa shape index (κ2) is 7.35. The van der Waals surface area contributed by atoms with Gasteiger partial charge in [-0.25, -0.2) is 0 Å². The lowest BCUT2D eigenvalue weighted by molar-refractivity contribution is -0.126. The lowest BCUT2D eigenvalue weighted by atomic mass is 10.2. The number of amides is 1. The molecule has 1 heterocycles. The van der Waals surface area contributed by atoms with Gasteiger partial charge in [-0.2, -0.15) is 17.0 Å². The van der Waals surface area contributed by atoms with Crippen LogP contribution in [0.25, 0.3) is 0 Å². The summed E-state index contributed by atoms with van der Waals surface area (Å²) in [5.41, 5.74) is 0. The Morgan fingerprint density at radius 2 is 1.80 bits per heavy atom. The second-order valence-electron chi connectivity index (χ2n) is 5.19. The Balaban J connectivity index is 2.52. The number of carbonyl (C=O) groups is 1. The van der Waals surface area contributed by atoms with Gasteiger partial charge in [0.05, 0.1) is 6.04 Å². The fourth-order valence-electron chi connectivity index (χ4n) is 2.11. The van der Waals surface area contributed by atoms with Gasteiger partial charge in [0.25, 0.3) is 10.2 Å². The minimum Gasteiger partial charge on any atom is -0.355 e. The summed E-state index contributed by atoms with van der Waals surface area (Å²) in [6.07, 6.45) is 0.910. The number of nitrogens with zero attached hydrogens (tertiary/aromatic N) is 3. The first kappa shape index (κ1) is 17.4. The summed E-state index contributed by atoms with van der Waals surface area (Å²) in [5.74, 6) is 0.00997. The highest BCUT2D eigenvalue weighted by atomic mass is 32.2. The summed E-state index contributed by atoms with van der Waals surface area (Å²) >= 11 is 0. The van der Waals surface area contributed by atoms with Crippen LogP contribution in [0.3, 0.4) is 0 Å². The van der Waals surface area contributed by atoms with E-state index < -0.39 is 10.2 Å². The minimum absolute atomic E-state index is 0.00997. The fraction of sp³-hybridized carbons (Fsp3) is 0.917. The Bertz CT molecular complexity index is 416. The number of rotatable bonds is 6. The maximum Gasteiger partial charge on any atom is 0.281 e. The number of piperazine rings is 1. The molecule has 118 valence electrons. The topological polar surface area (TPSA) is 73.0 Å². The molecule has 0 radical (unpaired) electrons. The van der Waals surface area contributed by atoms with E-state index in [0.29, 0.717) is 32.7 Å². The van der Waals surface area contributed by atoms with Crippen LogP contribution in [0, 0.1) is 0 Å². The predicted molar refractivity (Wildman–Crippen MR) is 78.5 cm³/mol. The minimum atomic E-state index is -3.34. The zero-order valence-corrected chi connectivity index (χ0v) is 13.6. The van der Waals surface area contributed by atoms with Gasteiger partial charge in [0.1, 0.15) is 0 Å². The Hall–Kier alpha value is -0.700. The number of hydrogen-bond acceptors (Lipinski definition) is 4. The molecule has 1 aliphatic rings. The van der Waals surface area contributed by atoms with Gasteiger partial charge in [-0.05, 0) is 13.3 Å². The van der Waals surface area contributed by atoms with E-state index >= 15 is 0 Å². The fourth-order valence-corrected chi connectivity index (χ4v) is 3.20. The third kappa shape index (κ3) is 4.15. The molecule has 0 bridgehead atoms. The molecule has 1 amide bonds. The largest absolute Gasteiger partial charge is 0.355 e. The van der Waals surface area contributed by atoms with E-state index in [-0.39, 0.29) is 11.9 Å². The molecule has 1 rings (SSSR count). The van der Waals surface area contributed by atoms with E-state index in [4.69, 9.17) is 0 Å². The van der Waals surface area contributed by atoms with E-state index in [2.05, 4.69) is 5.32 Å². The van der Waals surface area contributed by atoms with Crippen molar-refractivity contribution in [1.29, 1.82) is 0 Å². The van der Waals surface area contributed by atoms with E-state index in [9.17, 15) is 13.2 Å². The van der Waals surface area contributed by atoms with Crippen molar-refractivity contribution in [2.24, 2.45) is 0 Å². The standard InChI is InChI=1S/C12H26N4O3S/c1-5-6-13-12(17)11(2)15-7-9-16(10-8-15)20(18,19)14(3)4/h11H,5-10H2,1-4H3,(H,13,17)/t11-/m0/s1. The highest BCUT2D eigenvalue weighted by Gasteiger charge is 2.31. The van der Waals surface area contributed by atoms with Gasteiger partial charge in [-0.3, -0.25) is 9.69 Å². The van der Waals surface area contributed by atoms with Crippen LogP contribution in [0.5, 0.6) is 0 Å². The van der Waals surface area contributed by atoms with Crippen molar-refractivity contribution in [3.8, 4) is 0 Å². The first-order valence-corrected chi connectivity index (χ1v) is 8.39. The summed E-state index contributed by atoms with van der Waals surface area (Å²) in [6, 6.07) is -0.217. The number of nitrogens with one attached hydrogen (secondary N) is 1. The van der Waals surface area contributed by atoms with Gasteiger partial charge in [-0.15, -0.1) is 0 Å². The van der Waals surface area contributed by atoms with E-state index in [1.54, 1.807) is 0 Å². The molecule has 8 heteroatoms. The smallest absolute Gasteiger partial charge is 0.281 e. The van der Waals surface area contributed by atoms with Gasteiger partial charge in [0.15, 0.2) is 0 Å². The van der Waals surface area contributed by atoms with Crippen molar-refractivity contribution >= 4 is 16.1 Å². The molecule has 1 N–H and O–H groups in total. The Morgan fingerprint density at radius 3 is 2.25 bits per heavy atom. The van der Waals surface area contributed by atoms with Crippen molar-refractivity contribution in [1.82, 2.24) is 18.8 Å². The van der Waals surface area contributed by atoms with Gasteiger partial charge >= 0.3 is 0 Å². The monoisotopic (exact) mass is 306 g/mol. The van der Waals surface area contributed by atoms with Crippen molar-refractivity contribution < 1.29 is 13.2 Å². The molecule has 0 aliphatic carbocycles. The third-order valence-electron chi connectivity index (χ3n) is 3.54. The molecule has 0 aromatic heterocycles. The van der Waals surface area contributed by atoms with Gasteiger partial charge in [0, 0.05) is 46.8 Å². The molecule has 7 nitrogen and oxygen atoms in total. The summed E-state index contributed by atoms with van der Waals surface area (Å²) < 4.78 is 26.7. The molecule has 1 saturated heterocycles. The van der Waals surface area contributed by atoms with Crippen molar-refractivity contribution in [2.45, 2.75) is 26.3 Å². The average molecular weight is 306 g/mol. The summed E-state index contributed by atoms with van der Waals surface area (Å²) in [6.45, 7) is 6.55. The normalized spacial score (nSPS) is 20.1. The van der Waals surface area contributed by atoms with Gasteiger partial charge in [0.2, 0.25) is 5.91 Å². The Kier molecular flexibility index (Phi) is 6.38. The van der Waals surface area contributed by atoms with Crippen molar-refractivity contribution in [3.63, 3.8) is 0 Å². The van der Waals surface area contributed by atoms with Crippen molar-refractivity contribution in [3.05, 3.63) is 0 Å². The molecule has 1 fully saturated rings. The van der Waals surface area contributed by atoms with Gasteiger partial charge < -0.3 is 5.32 Å². The summed E-state index contributed by atoms with van der Waals surface area (Å²) in [4.78, 5) is 13.9. The van der Waals surface area contributed by atoms with E-state index in [1.807, 2.05) is 18.7 Å². The van der Waals surface area contributed by atoms with E-state index in [1.165, 1.54) is 22.7 Å². The Labute approximate surface area is 122 Å². The van der Waals surface area contributed by atoms with Crippen LogP contribution >= 0.6 is 0 Å². The SMILES string of the molecule is CCCNC(=O)[C@H](C)N1CCN(S(=O)(=O)N(C)C)CC1. The highest BCUT2D eigenvalue weighted by molar-refractivity contribution is 7.86. The molecular formula is C12H26N4O3S. The van der Waals surface area contributed by atoms with Crippen LogP contribution in [0.2, 0.25) is 0 Å². The molecule has 0 aromatic carbocycles. The van der Waals surface area contributed by atoms with Crippen LogP contribution in [0.1, 0.15) is 20.3 Å². The highest BCUT2D eigenvalue weighted by Crippen LogP contribution is 2.11. The quantitative estimate of drug-likeness (QED) is 0.706. The first-order valence-electron chi connectivity index (χ1n) is 7.00. The average Bonchev–Trinajstić information content (AvgIpc) is 2.43. The van der Waals surface area contributed by atoms with Crippen LogP contribution in [-0.4, -0.2) is 80.7 Å². The van der Waals surface area contributed by atoms with Crippen molar-refractivity contribution in [2.75, 3.05) is 46.8 Å². The zero-order valence-electron chi connectivity index (χ0n) is 12.8. The van der Waals surface area contributed by atoms with Crippen LogP contribution in [-0.2, 0) is 15.0 Å². The van der Waals surface area contributed by atoms with Gasteiger partial charge in [-0.1, -0.05) is 6.92 Å². The first-order chi connectivity index (χ1) is 9.30. The summed E-state index contributed by atoms with van der Waals surface area (Å²) in [5, 5.41) is 2.87. The predicted octanol–water partition coefficient (Wildman–Crippen LogP) is -0.675. The van der Waals surface area contributed by atoms with Crippen LogP contribution < -0.4 is 5.32 Å². The maximum absolute atomic E-state index is 12.0. The molecule has 0 spiro atoms. The van der Waals surface area contributed by atoms with Crippen LogP contribution in [0.15, 0.2) is 0 Å². The molecule has 0 saturated carbocycles. The number of carbonyl (C=O) groups excluding carboxylic acids is 1. The molecule has 0 aromatic rings. The third-order valence-corrected chi connectivity index (χ3v) is 5.48. The maximum atomic E-state index is 12.0. The van der Waals surface area contributed by atoms with E-state index in [0.717, 1.165) is 6.42 Å². The lowest BCUT2D eigenvalue weighted by Gasteiger charge is -2.37. The molecule has 20 heavy (non-hydrogen) atoms. The lowest BCUT2D eigenvalue weighted by Crippen LogP contribution is -2.56. The molecule has 1 aliphatic heterocycles.